The van der Waals surface area contributed by atoms with E-state index in [4.69, 9.17) is 5.26 Å². The van der Waals surface area contributed by atoms with Gasteiger partial charge < -0.3 is 0 Å². The molecule has 0 saturated heterocycles. The van der Waals surface area contributed by atoms with E-state index < -0.39 is 0 Å². The summed E-state index contributed by atoms with van der Waals surface area (Å²) in [5.74, 6) is 0. The number of thiocyanates is 1. The summed E-state index contributed by atoms with van der Waals surface area (Å²) in [4.78, 5) is 0. The maximum atomic E-state index is 8.31. The number of halogens is 3. The zero-order valence-corrected chi connectivity index (χ0v) is 11.5. The fourth-order valence-corrected chi connectivity index (χ4v) is 1.26. The molecule has 0 amide bonds. The van der Waals surface area contributed by atoms with Crippen molar-refractivity contribution in [2.24, 2.45) is 0 Å². The standard InChI is InChI=1S/C4H2I3NS/c1-3(5)4(6,7)9-2-8/h1H2. The molecule has 0 fully saturated rings. The average molecular weight is 477 g/mol. The summed E-state index contributed by atoms with van der Waals surface area (Å²) in [6.07, 6.45) is 0. The minimum absolute atomic E-state index is 0.162. The van der Waals surface area contributed by atoms with Gasteiger partial charge in [-0.1, -0.05) is 6.58 Å². The van der Waals surface area contributed by atoms with Crippen molar-refractivity contribution < 1.29 is 0 Å². The second kappa shape index (κ2) is 4.61. The van der Waals surface area contributed by atoms with Crippen molar-refractivity contribution in [3.8, 4) is 5.40 Å². The van der Waals surface area contributed by atoms with Gasteiger partial charge in [-0.2, -0.15) is 5.26 Å². The molecule has 0 spiro atoms. The van der Waals surface area contributed by atoms with E-state index in [9.17, 15) is 0 Å². The molecule has 0 unspecified atom stereocenters. The highest BCUT2D eigenvalue weighted by Gasteiger charge is 2.25. The molecule has 50 valence electrons. The molecule has 0 aliphatic rings. The zero-order chi connectivity index (χ0) is 7.49. The highest BCUT2D eigenvalue weighted by Crippen LogP contribution is 2.47. The van der Waals surface area contributed by atoms with Crippen LogP contribution in [-0.4, -0.2) is 0.760 Å². The smallest absolute Gasteiger partial charge is 0.162 e. The van der Waals surface area contributed by atoms with Gasteiger partial charge in [0.2, 0.25) is 0 Å². The second-order valence-corrected chi connectivity index (χ2v) is 10.2. The van der Waals surface area contributed by atoms with Gasteiger partial charge in [-0.15, -0.1) is 0 Å². The summed E-state index contributed by atoms with van der Waals surface area (Å²) in [7, 11) is 0. The van der Waals surface area contributed by atoms with E-state index in [0.717, 1.165) is 3.58 Å². The molecule has 0 bridgehead atoms. The molecule has 9 heavy (non-hydrogen) atoms. The largest absolute Gasteiger partial charge is 0.185 e. The van der Waals surface area contributed by atoms with Gasteiger partial charge in [-0.3, -0.25) is 0 Å². The first kappa shape index (κ1) is 10.8. The summed E-state index contributed by atoms with van der Waals surface area (Å²) in [6.45, 7) is 3.75. The van der Waals surface area contributed by atoms with Crippen LogP contribution in [0.15, 0.2) is 10.2 Å². The Bertz CT molecular complexity index is 160. The Kier molecular flexibility index (Phi) is 5.51. The Balaban J connectivity index is 4.06. The van der Waals surface area contributed by atoms with Crippen molar-refractivity contribution in [3.05, 3.63) is 10.2 Å². The van der Waals surface area contributed by atoms with Crippen molar-refractivity contribution in [1.82, 2.24) is 0 Å². The Hall–Kier alpha value is 1.77. The maximum absolute atomic E-state index is 8.31. The molecule has 1 nitrogen and oxygen atoms in total. The van der Waals surface area contributed by atoms with Gasteiger partial charge in [-0.25, -0.2) is 0 Å². The zero-order valence-electron chi connectivity index (χ0n) is 4.20. The molecule has 0 aromatic carbocycles. The van der Waals surface area contributed by atoms with E-state index in [1.807, 2.05) is 5.40 Å². The normalized spacial score (nSPS) is 10.4. The summed E-state index contributed by atoms with van der Waals surface area (Å²) in [6, 6.07) is 0. The molecule has 0 saturated carbocycles. The van der Waals surface area contributed by atoms with Crippen molar-refractivity contribution >= 4 is 79.5 Å². The number of hydrogen-bond acceptors (Lipinski definition) is 2. The van der Waals surface area contributed by atoms with Gasteiger partial charge in [0.15, 0.2) is 0.760 Å². The van der Waals surface area contributed by atoms with Crippen LogP contribution in [0.5, 0.6) is 0 Å². The number of thioether (sulfide) groups is 1. The Labute approximate surface area is 99.4 Å². The summed E-state index contributed by atoms with van der Waals surface area (Å²) >= 11 is 7.71. The molecular weight excluding hydrogens is 475 g/mol. The number of nitriles is 1. The van der Waals surface area contributed by atoms with Gasteiger partial charge in [0, 0.05) is 3.58 Å². The van der Waals surface area contributed by atoms with Gasteiger partial charge in [0.1, 0.15) is 5.40 Å². The predicted molar refractivity (Wildman–Crippen MR) is 67.1 cm³/mol. The minimum Gasteiger partial charge on any atom is -0.185 e. The van der Waals surface area contributed by atoms with Crippen LogP contribution >= 0.6 is 79.5 Å². The minimum atomic E-state index is -0.162. The van der Waals surface area contributed by atoms with Crippen LogP contribution < -0.4 is 0 Å². The molecular formula is C4H2I3NS. The van der Waals surface area contributed by atoms with Gasteiger partial charge >= 0.3 is 0 Å². The van der Waals surface area contributed by atoms with E-state index in [0.29, 0.717) is 0 Å². The van der Waals surface area contributed by atoms with Gasteiger partial charge in [-0.05, 0) is 79.5 Å². The third kappa shape index (κ3) is 4.26. The van der Waals surface area contributed by atoms with Gasteiger partial charge in [0.25, 0.3) is 0 Å². The van der Waals surface area contributed by atoms with Crippen LogP contribution in [0.25, 0.3) is 0 Å². The number of nitrogens with zero attached hydrogens (tertiary/aromatic N) is 1. The van der Waals surface area contributed by atoms with E-state index in [-0.39, 0.29) is 0.760 Å². The summed E-state index contributed by atoms with van der Waals surface area (Å²) < 4.78 is 0.818. The molecule has 0 radical (unpaired) electrons. The molecule has 5 heteroatoms. The molecule has 0 aromatic heterocycles. The number of rotatable bonds is 2. The van der Waals surface area contributed by atoms with E-state index in [2.05, 4.69) is 74.4 Å². The Morgan fingerprint density at radius 1 is 1.67 bits per heavy atom. The highest BCUT2D eigenvalue weighted by molar-refractivity contribution is 14.2. The average Bonchev–Trinajstić information content (AvgIpc) is 1.65. The van der Waals surface area contributed by atoms with E-state index in [1.54, 1.807) is 0 Å². The lowest BCUT2D eigenvalue weighted by molar-refractivity contribution is 1.56. The van der Waals surface area contributed by atoms with Crippen LogP contribution in [0.3, 0.4) is 0 Å². The van der Waals surface area contributed by atoms with Crippen LogP contribution in [0.4, 0.5) is 0 Å². The summed E-state index contributed by atoms with van der Waals surface area (Å²) in [5, 5.41) is 10.3. The Morgan fingerprint density at radius 3 is 2.22 bits per heavy atom. The van der Waals surface area contributed by atoms with Crippen molar-refractivity contribution in [3.63, 3.8) is 0 Å². The summed E-state index contributed by atoms with van der Waals surface area (Å²) in [5.41, 5.74) is 0. The first-order chi connectivity index (χ1) is 4.00. The molecule has 0 aromatic rings. The van der Waals surface area contributed by atoms with E-state index >= 15 is 0 Å². The third-order valence-corrected chi connectivity index (χ3v) is 6.95. The quantitative estimate of drug-likeness (QED) is 0.345. The molecule has 0 aliphatic heterocycles. The van der Waals surface area contributed by atoms with Crippen molar-refractivity contribution in [2.75, 3.05) is 0 Å². The maximum Gasteiger partial charge on any atom is 0.162 e. The van der Waals surface area contributed by atoms with Crippen molar-refractivity contribution in [1.29, 1.82) is 5.26 Å². The molecule has 0 heterocycles. The molecule has 0 rings (SSSR count). The van der Waals surface area contributed by atoms with Crippen LogP contribution in [0, 0.1) is 10.7 Å². The van der Waals surface area contributed by atoms with Crippen LogP contribution in [0.2, 0.25) is 0 Å². The fourth-order valence-electron chi connectivity index (χ4n) is 0.113. The van der Waals surface area contributed by atoms with Crippen LogP contribution in [-0.2, 0) is 0 Å². The predicted octanol–water partition coefficient (Wildman–Crippen LogP) is 3.67. The highest BCUT2D eigenvalue weighted by atomic mass is 127. The SMILES string of the molecule is C=C(I)C(I)(I)SC#N. The second-order valence-electron chi connectivity index (χ2n) is 1.12. The molecule has 0 atom stereocenters. The van der Waals surface area contributed by atoms with Crippen LogP contribution in [0.1, 0.15) is 0 Å². The van der Waals surface area contributed by atoms with Crippen molar-refractivity contribution in [2.45, 2.75) is 0.760 Å². The monoisotopic (exact) mass is 477 g/mol. The lowest BCUT2D eigenvalue weighted by Gasteiger charge is -2.12. The first-order valence-corrected chi connectivity index (χ1v) is 5.86. The first-order valence-electron chi connectivity index (χ1n) is 1.80. The molecule has 0 aliphatic carbocycles. The molecule has 0 N–H and O–H groups in total. The Morgan fingerprint density at radius 2 is 2.11 bits per heavy atom. The van der Waals surface area contributed by atoms with Gasteiger partial charge in [0.05, 0.1) is 0 Å². The lowest BCUT2D eigenvalue weighted by atomic mass is 10.8. The van der Waals surface area contributed by atoms with E-state index in [1.165, 1.54) is 11.8 Å². The topological polar surface area (TPSA) is 23.8 Å². The number of alkyl halides is 2. The lowest BCUT2D eigenvalue weighted by Crippen LogP contribution is -2.00. The third-order valence-electron chi connectivity index (χ3n) is 0.490. The number of hydrogen-bond donors (Lipinski definition) is 0. The fraction of sp³-hybridized carbons (Fsp3) is 0.250.